The Labute approximate surface area is 83.5 Å². The zero-order chi connectivity index (χ0) is 10.7. The molecule has 5 nitrogen and oxygen atoms in total. The lowest BCUT2D eigenvalue weighted by molar-refractivity contribution is -0.142. The highest BCUT2D eigenvalue weighted by Crippen LogP contribution is 2.22. The van der Waals surface area contributed by atoms with Crippen molar-refractivity contribution in [3.8, 4) is 0 Å². The average molecular weight is 197 g/mol. The van der Waals surface area contributed by atoms with E-state index in [9.17, 15) is 9.59 Å². The van der Waals surface area contributed by atoms with E-state index in [1.807, 2.05) is 6.92 Å². The molecule has 0 aromatic carbocycles. The molecule has 0 aromatic heterocycles. The average Bonchev–Trinajstić information content (AvgIpc) is 2.31. The summed E-state index contributed by atoms with van der Waals surface area (Å²) in [6.45, 7) is 1.71. The van der Waals surface area contributed by atoms with E-state index in [0.717, 1.165) is 4.81 Å². The number of carboxylic acid groups (broad SMARTS) is 1. The molecule has 0 bridgehead atoms. The summed E-state index contributed by atoms with van der Waals surface area (Å²) in [6.07, 6.45) is 0.400. The highest BCUT2D eigenvalue weighted by Gasteiger charge is 2.33. The molecular weight excluding hydrogens is 185 g/mol. The number of hydrogen-bond acceptors (Lipinski definition) is 3. The summed E-state index contributed by atoms with van der Waals surface area (Å²) < 4.78 is 4.89. The van der Waals surface area contributed by atoms with E-state index in [1.165, 1.54) is 0 Å². The summed E-state index contributed by atoms with van der Waals surface area (Å²) in [4.78, 5) is 22.4. The van der Waals surface area contributed by atoms with Crippen molar-refractivity contribution in [1.82, 2.24) is 4.81 Å². The summed E-state index contributed by atoms with van der Waals surface area (Å²) in [6, 6.07) is -0.207. The summed E-state index contributed by atoms with van der Waals surface area (Å²) in [5.41, 5.74) is 0. The van der Waals surface area contributed by atoms with Crippen LogP contribution in [0.2, 0.25) is 0 Å². The Morgan fingerprint density at radius 3 is 2.86 bits per heavy atom. The van der Waals surface area contributed by atoms with Crippen molar-refractivity contribution in [3.05, 3.63) is 0 Å². The van der Waals surface area contributed by atoms with Gasteiger partial charge in [0.2, 0.25) is 13.9 Å². The van der Waals surface area contributed by atoms with Gasteiger partial charge in [-0.1, -0.05) is 6.92 Å². The number of rotatable bonds is 4. The van der Waals surface area contributed by atoms with Crippen LogP contribution < -0.4 is 0 Å². The van der Waals surface area contributed by atoms with E-state index in [2.05, 4.69) is 0 Å². The van der Waals surface area contributed by atoms with Crippen molar-refractivity contribution in [1.29, 1.82) is 0 Å². The van der Waals surface area contributed by atoms with Gasteiger partial charge in [0.1, 0.15) is 6.61 Å². The van der Waals surface area contributed by atoms with Crippen molar-refractivity contribution >= 4 is 19.9 Å². The minimum Gasteiger partial charge on any atom is -0.480 e. The Bertz CT molecular complexity index is 245. The van der Waals surface area contributed by atoms with Crippen LogP contribution in [0.1, 0.15) is 13.3 Å². The minimum atomic E-state index is -1.02. The normalized spacial score (nSPS) is 26.9. The first kappa shape index (κ1) is 11.0. The highest BCUT2D eigenvalue weighted by atomic mass is 16.5. The van der Waals surface area contributed by atoms with E-state index < -0.39 is 5.97 Å². The number of carbonyl (C=O) groups is 2. The van der Waals surface area contributed by atoms with Crippen molar-refractivity contribution < 1.29 is 19.4 Å². The first-order valence-corrected chi connectivity index (χ1v) is 4.38. The van der Waals surface area contributed by atoms with Gasteiger partial charge >= 0.3 is 5.97 Å². The van der Waals surface area contributed by atoms with Crippen LogP contribution in [0.5, 0.6) is 0 Å². The van der Waals surface area contributed by atoms with Gasteiger partial charge in [0.05, 0.1) is 6.61 Å². The third-order valence-electron chi connectivity index (χ3n) is 2.31. The van der Waals surface area contributed by atoms with Crippen LogP contribution in [-0.4, -0.2) is 49.0 Å². The molecule has 0 aliphatic carbocycles. The molecule has 2 atom stereocenters. The second-order valence-corrected chi connectivity index (χ2v) is 3.46. The molecule has 0 aromatic rings. The molecule has 1 N–H and O–H groups in total. The van der Waals surface area contributed by atoms with Crippen LogP contribution >= 0.6 is 0 Å². The molecule has 1 heterocycles. The smallest absolute Gasteiger partial charge is 0.329 e. The number of amides is 1. The van der Waals surface area contributed by atoms with Crippen molar-refractivity contribution in [2.24, 2.45) is 5.92 Å². The Morgan fingerprint density at radius 2 is 2.43 bits per heavy atom. The van der Waals surface area contributed by atoms with Crippen LogP contribution in [0.3, 0.4) is 0 Å². The van der Waals surface area contributed by atoms with Gasteiger partial charge in [0.15, 0.2) is 0 Å². The van der Waals surface area contributed by atoms with Gasteiger partial charge in [-0.25, -0.2) is 4.79 Å². The first-order valence-electron chi connectivity index (χ1n) is 4.38. The van der Waals surface area contributed by atoms with E-state index >= 15 is 0 Å². The summed E-state index contributed by atoms with van der Waals surface area (Å²) in [7, 11) is 5.49. The SMILES string of the molecule is [B]N1C(=O)CC(C)C1COCC(=O)O. The van der Waals surface area contributed by atoms with E-state index in [0.29, 0.717) is 6.42 Å². The molecule has 76 valence electrons. The predicted octanol–water partition coefficient (Wildman–Crippen LogP) is -0.592. The number of carboxylic acids is 1. The van der Waals surface area contributed by atoms with Gasteiger partial charge < -0.3 is 14.7 Å². The topological polar surface area (TPSA) is 66.8 Å². The number of aliphatic carboxylic acids is 1. The van der Waals surface area contributed by atoms with E-state index in [-0.39, 0.29) is 31.1 Å². The maximum Gasteiger partial charge on any atom is 0.329 e. The van der Waals surface area contributed by atoms with Crippen molar-refractivity contribution in [2.45, 2.75) is 19.4 Å². The monoisotopic (exact) mass is 197 g/mol. The van der Waals surface area contributed by atoms with E-state index in [4.69, 9.17) is 17.8 Å². The fourth-order valence-electron chi connectivity index (χ4n) is 1.49. The lowest BCUT2D eigenvalue weighted by Gasteiger charge is -2.22. The molecule has 0 saturated carbocycles. The fraction of sp³-hybridized carbons (Fsp3) is 0.750. The second-order valence-electron chi connectivity index (χ2n) is 3.46. The summed E-state index contributed by atoms with van der Waals surface area (Å²) >= 11 is 0. The number of carbonyl (C=O) groups excluding carboxylic acids is 1. The molecule has 14 heavy (non-hydrogen) atoms. The number of hydrogen-bond donors (Lipinski definition) is 1. The summed E-state index contributed by atoms with van der Waals surface area (Å²) in [5, 5.41) is 8.33. The highest BCUT2D eigenvalue weighted by molar-refractivity contribution is 6.15. The third kappa shape index (κ3) is 2.48. The minimum absolute atomic E-state index is 0.112. The maximum atomic E-state index is 11.1. The molecule has 1 aliphatic rings. The second kappa shape index (κ2) is 4.46. The molecule has 1 fully saturated rings. The van der Waals surface area contributed by atoms with Crippen molar-refractivity contribution in [2.75, 3.05) is 13.2 Å². The first-order chi connectivity index (χ1) is 6.52. The summed E-state index contributed by atoms with van der Waals surface area (Å²) in [5.74, 6) is -1.03. The Balaban J connectivity index is 2.36. The molecule has 2 radical (unpaired) electrons. The molecule has 6 heteroatoms. The Kier molecular flexibility index (Phi) is 3.52. The molecule has 1 amide bonds. The number of ether oxygens (including phenoxy) is 1. The van der Waals surface area contributed by atoms with Gasteiger partial charge in [-0.3, -0.25) is 4.79 Å². The molecular formula is C8H12BNO4. The van der Waals surface area contributed by atoms with Gasteiger partial charge in [-0.2, -0.15) is 0 Å². The number of nitrogens with zero attached hydrogens (tertiary/aromatic N) is 1. The van der Waals surface area contributed by atoms with Crippen molar-refractivity contribution in [3.63, 3.8) is 0 Å². The molecule has 1 saturated heterocycles. The third-order valence-corrected chi connectivity index (χ3v) is 2.31. The van der Waals surface area contributed by atoms with Crippen LogP contribution in [-0.2, 0) is 14.3 Å². The Morgan fingerprint density at radius 1 is 1.79 bits per heavy atom. The van der Waals surface area contributed by atoms with Gasteiger partial charge in [-0.05, 0) is 5.92 Å². The maximum absolute atomic E-state index is 11.1. The van der Waals surface area contributed by atoms with Gasteiger partial charge in [0, 0.05) is 12.5 Å². The van der Waals surface area contributed by atoms with Gasteiger partial charge in [0.25, 0.3) is 0 Å². The lowest BCUT2D eigenvalue weighted by atomic mass is 10.0. The Hall–Kier alpha value is -1.04. The molecule has 1 rings (SSSR count). The fourth-order valence-corrected chi connectivity index (χ4v) is 1.49. The standard InChI is InChI=1S/C8H12BNO4/c1-5-2-7(11)10(9)6(5)3-14-4-8(12)13/h5-6H,2-4H2,1H3,(H,12,13). The zero-order valence-corrected chi connectivity index (χ0v) is 7.97. The van der Waals surface area contributed by atoms with Crippen LogP contribution in [0, 0.1) is 5.92 Å². The van der Waals surface area contributed by atoms with Crippen LogP contribution in [0.25, 0.3) is 0 Å². The van der Waals surface area contributed by atoms with Crippen LogP contribution in [0.15, 0.2) is 0 Å². The van der Waals surface area contributed by atoms with Gasteiger partial charge in [-0.15, -0.1) is 0 Å². The molecule has 0 spiro atoms. The largest absolute Gasteiger partial charge is 0.480 e. The zero-order valence-electron chi connectivity index (χ0n) is 7.97. The molecule has 2 unspecified atom stereocenters. The molecule has 1 aliphatic heterocycles. The predicted molar refractivity (Wildman–Crippen MR) is 48.6 cm³/mol. The van der Waals surface area contributed by atoms with E-state index in [1.54, 1.807) is 0 Å². The quantitative estimate of drug-likeness (QED) is 0.611. The lowest BCUT2D eigenvalue weighted by Crippen LogP contribution is -2.36. The van der Waals surface area contributed by atoms with Crippen LogP contribution in [0.4, 0.5) is 0 Å².